The zero-order valence-electron chi connectivity index (χ0n) is 9.86. The molecule has 1 aliphatic rings. The largest absolute Gasteiger partial charge is 0.391 e. The second-order valence-electron chi connectivity index (χ2n) is 4.48. The first-order valence-electron chi connectivity index (χ1n) is 5.67. The Kier molecular flexibility index (Phi) is 4.00. The monoisotopic (exact) mass is 288 g/mol. The third-order valence-electron chi connectivity index (χ3n) is 2.93. The van der Waals surface area contributed by atoms with Crippen molar-refractivity contribution in [2.75, 3.05) is 11.9 Å². The van der Waals surface area contributed by atoms with Gasteiger partial charge in [0.2, 0.25) is 0 Å². The first-order chi connectivity index (χ1) is 8.45. The minimum absolute atomic E-state index is 0.0228. The maximum atomic E-state index is 12.0. The van der Waals surface area contributed by atoms with E-state index in [1.807, 2.05) is 6.92 Å². The van der Waals surface area contributed by atoms with Gasteiger partial charge in [-0.15, -0.1) is 0 Å². The van der Waals surface area contributed by atoms with E-state index in [-0.39, 0.29) is 12.1 Å². The van der Waals surface area contributed by atoms with Crippen LogP contribution < -0.4 is 5.32 Å². The summed E-state index contributed by atoms with van der Waals surface area (Å²) >= 11 is 11.7. The van der Waals surface area contributed by atoms with E-state index in [2.05, 4.69) is 5.32 Å². The van der Waals surface area contributed by atoms with Crippen LogP contribution in [0.5, 0.6) is 0 Å². The summed E-state index contributed by atoms with van der Waals surface area (Å²) in [5.74, 6) is 0. The SMILES string of the molecule is C[C@@H]1C[C@@H](O)CN1C(=O)Nc1cc(Cl)cc(Cl)c1. The molecule has 0 saturated carbocycles. The average molecular weight is 289 g/mol. The van der Waals surface area contributed by atoms with Gasteiger partial charge in [-0.05, 0) is 31.5 Å². The van der Waals surface area contributed by atoms with E-state index in [0.717, 1.165) is 0 Å². The molecule has 0 aliphatic carbocycles. The van der Waals surface area contributed by atoms with E-state index >= 15 is 0 Å². The molecule has 1 fully saturated rings. The van der Waals surface area contributed by atoms with Gasteiger partial charge in [-0.3, -0.25) is 0 Å². The minimum atomic E-state index is -0.450. The van der Waals surface area contributed by atoms with Crippen LogP contribution in [0.2, 0.25) is 10.0 Å². The van der Waals surface area contributed by atoms with Crippen LogP contribution in [0.3, 0.4) is 0 Å². The fraction of sp³-hybridized carbons (Fsp3) is 0.417. The van der Waals surface area contributed by atoms with Crippen molar-refractivity contribution < 1.29 is 9.90 Å². The second-order valence-corrected chi connectivity index (χ2v) is 5.35. The van der Waals surface area contributed by atoms with Gasteiger partial charge in [0, 0.05) is 28.3 Å². The molecule has 0 unspecified atom stereocenters. The highest BCUT2D eigenvalue weighted by atomic mass is 35.5. The Hall–Kier alpha value is -0.970. The summed E-state index contributed by atoms with van der Waals surface area (Å²) in [6.45, 7) is 2.25. The lowest BCUT2D eigenvalue weighted by atomic mass is 10.2. The van der Waals surface area contributed by atoms with E-state index in [9.17, 15) is 9.90 Å². The fourth-order valence-electron chi connectivity index (χ4n) is 2.11. The number of nitrogens with zero attached hydrogens (tertiary/aromatic N) is 1. The summed E-state index contributed by atoms with van der Waals surface area (Å²) in [7, 11) is 0. The second kappa shape index (κ2) is 5.34. The van der Waals surface area contributed by atoms with E-state index in [1.165, 1.54) is 0 Å². The van der Waals surface area contributed by atoms with Crippen molar-refractivity contribution >= 4 is 34.9 Å². The first kappa shape index (κ1) is 13.5. The molecule has 2 atom stereocenters. The molecule has 0 bridgehead atoms. The Balaban J connectivity index is 2.07. The van der Waals surface area contributed by atoms with E-state index < -0.39 is 6.10 Å². The molecule has 1 aromatic rings. The van der Waals surface area contributed by atoms with Crippen molar-refractivity contribution in [1.82, 2.24) is 4.90 Å². The van der Waals surface area contributed by atoms with Gasteiger partial charge in [0.25, 0.3) is 0 Å². The third kappa shape index (κ3) is 3.07. The van der Waals surface area contributed by atoms with E-state index in [4.69, 9.17) is 23.2 Å². The lowest BCUT2D eigenvalue weighted by Gasteiger charge is -2.21. The van der Waals surface area contributed by atoms with Crippen LogP contribution in [0.1, 0.15) is 13.3 Å². The molecule has 1 heterocycles. The predicted molar refractivity (Wildman–Crippen MR) is 72.3 cm³/mol. The highest BCUT2D eigenvalue weighted by Gasteiger charge is 2.31. The molecule has 1 aromatic carbocycles. The highest BCUT2D eigenvalue weighted by Crippen LogP contribution is 2.24. The first-order valence-corrected chi connectivity index (χ1v) is 6.43. The average Bonchev–Trinajstić information content (AvgIpc) is 2.56. The Labute approximate surface area is 115 Å². The van der Waals surface area contributed by atoms with Crippen LogP contribution in [0.25, 0.3) is 0 Å². The van der Waals surface area contributed by atoms with Crippen LogP contribution in [-0.4, -0.2) is 34.7 Å². The van der Waals surface area contributed by atoms with Gasteiger partial charge in [0.1, 0.15) is 0 Å². The Bertz CT molecular complexity index is 447. The third-order valence-corrected chi connectivity index (χ3v) is 3.36. The number of nitrogens with one attached hydrogen (secondary N) is 1. The van der Waals surface area contributed by atoms with Crippen LogP contribution in [0.4, 0.5) is 10.5 Å². The zero-order chi connectivity index (χ0) is 13.3. The molecule has 18 heavy (non-hydrogen) atoms. The van der Waals surface area contributed by atoms with Gasteiger partial charge in [-0.25, -0.2) is 4.79 Å². The van der Waals surface area contributed by atoms with Gasteiger partial charge in [0.05, 0.1) is 6.10 Å². The standard InChI is InChI=1S/C12H14Cl2N2O2/c1-7-2-11(17)6-16(7)12(18)15-10-4-8(13)3-9(14)5-10/h3-5,7,11,17H,2,6H2,1H3,(H,15,18)/t7-,11-/m1/s1. The number of aliphatic hydroxyl groups excluding tert-OH is 1. The van der Waals surface area contributed by atoms with Gasteiger partial charge in [0.15, 0.2) is 0 Å². The molecule has 2 rings (SSSR count). The number of β-amino-alcohol motifs (C(OH)–C–C–N with tert-alkyl or cyclic N) is 1. The predicted octanol–water partition coefficient (Wildman–Crippen LogP) is 2.98. The Morgan fingerprint density at radius 2 is 2.00 bits per heavy atom. The number of urea groups is 1. The molecule has 1 saturated heterocycles. The number of halogens is 2. The van der Waals surface area contributed by atoms with E-state index in [0.29, 0.717) is 28.7 Å². The molecule has 0 radical (unpaired) electrons. The van der Waals surface area contributed by atoms with Crippen molar-refractivity contribution in [1.29, 1.82) is 0 Å². The van der Waals surface area contributed by atoms with Crippen molar-refractivity contribution in [3.63, 3.8) is 0 Å². The maximum Gasteiger partial charge on any atom is 0.322 e. The molecule has 0 spiro atoms. The number of carbonyl (C=O) groups is 1. The molecule has 2 amide bonds. The van der Waals surface area contributed by atoms with Crippen LogP contribution >= 0.6 is 23.2 Å². The number of carbonyl (C=O) groups excluding carboxylic acids is 1. The van der Waals surface area contributed by atoms with Crippen LogP contribution in [0.15, 0.2) is 18.2 Å². The number of anilines is 1. The highest BCUT2D eigenvalue weighted by molar-refractivity contribution is 6.35. The number of hydrogen-bond donors (Lipinski definition) is 2. The molecular formula is C12H14Cl2N2O2. The van der Waals surface area contributed by atoms with Gasteiger partial charge in [-0.1, -0.05) is 23.2 Å². The molecule has 2 N–H and O–H groups in total. The molecule has 6 heteroatoms. The van der Waals surface area contributed by atoms with Gasteiger partial charge >= 0.3 is 6.03 Å². The van der Waals surface area contributed by atoms with Gasteiger partial charge in [-0.2, -0.15) is 0 Å². The van der Waals surface area contributed by atoms with Crippen molar-refractivity contribution in [3.05, 3.63) is 28.2 Å². The molecule has 4 nitrogen and oxygen atoms in total. The summed E-state index contributed by atoms with van der Waals surface area (Å²) in [5.41, 5.74) is 0.547. The number of benzene rings is 1. The van der Waals surface area contributed by atoms with Gasteiger partial charge < -0.3 is 15.3 Å². The van der Waals surface area contributed by atoms with Crippen molar-refractivity contribution in [3.8, 4) is 0 Å². The number of aliphatic hydroxyl groups is 1. The Morgan fingerprint density at radius 3 is 2.50 bits per heavy atom. The summed E-state index contributed by atoms with van der Waals surface area (Å²) in [6.07, 6.45) is 0.151. The lowest BCUT2D eigenvalue weighted by Crippen LogP contribution is -2.37. The topological polar surface area (TPSA) is 52.6 Å². The smallest absolute Gasteiger partial charge is 0.322 e. The lowest BCUT2D eigenvalue weighted by molar-refractivity contribution is 0.176. The number of amides is 2. The molecule has 98 valence electrons. The van der Waals surface area contributed by atoms with Crippen molar-refractivity contribution in [2.45, 2.75) is 25.5 Å². The number of likely N-dealkylation sites (tertiary alicyclic amines) is 1. The van der Waals surface area contributed by atoms with Crippen LogP contribution in [0, 0.1) is 0 Å². The Morgan fingerprint density at radius 1 is 1.39 bits per heavy atom. The van der Waals surface area contributed by atoms with Crippen molar-refractivity contribution in [2.24, 2.45) is 0 Å². The summed E-state index contributed by atoms with van der Waals surface area (Å²) in [6, 6.07) is 4.62. The maximum absolute atomic E-state index is 12.0. The summed E-state index contributed by atoms with van der Waals surface area (Å²) in [4.78, 5) is 13.6. The normalized spacial score (nSPS) is 23.2. The quantitative estimate of drug-likeness (QED) is 0.835. The minimum Gasteiger partial charge on any atom is -0.391 e. The number of hydrogen-bond acceptors (Lipinski definition) is 2. The summed E-state index contributed by atoms with van der Waals surface area (Å²) < 4.78 is 0. The molecule has 1 aliphatic heterocycles. The number of rotatable bonds is 1. The van der Waals surface area contributed by atoms with Crippen LogP contribution in [-0.2, 0) is 0 Å². The fourth-order valence-corrected chi connectivity index (χ4v) is 2.63. The summed E-state index contributed by atoms with van der Waals surface area (Å²) in [5, 5.41) is 13.2. The van der Waals surface area contributed by atoms with E-state index in [1.54, 1.807) is 23.1 Å². The molecule has 0 aromatic heterocycles. The molecular weight excluding hydrogens is 275 g/mol. The zero-order valence-corrected chi connectivity index (χ0v) is 11.4.